The van der Waals surface area contributed by atoms with Crippen LogP contribution in [-0.2, 0) is 6.42 Å². The molecule has 0 saturated carbocycles. The highest BCUT2D eigenvalue weighted by Crippen LogP contribution is 2.24. The third-order valence-electron chi connectivity index (χ3n) is 2.47. The molecule has 1 aromatic carbocycles. The van der Waals surface area contributed by atoms with E-state index >= 15 is 0 Å². The van der Waals surface area contributed by atoms with Crippen LogP contribution in [0.1, 0.15) is 29.5 Å². The molecule has 0 spiro atoms. The van der Waals surface area contributed by atoms with E-state index in [1.165, 1.54) is 5.56 Å². The van der Waals surface area contributed by atoms with Gasteiger partial charge >= 0.3 is 0 Å². The molecule has 0 atom stereocenters. The molecule has 0 bridgehead atoms. The number of aromatic hydroxyl groups is 1. The zero-order valence-electron chi connectivity index (χ0n) is 9.01. The Hall–Kier alpha value is -1.02. The highest BCUT2D eigenvalue weighted by Gasteiger charge is 2.05. The molecule has 0 unspecified atom stereocenters. The summed E-state index contributed by atoms with van der Waals surface area (Å²) < 4.78 is 0. The van der Waals surface area contributed by atoms with E-state index in [-0.39, 0.29) is 0 Å². The molecule has 78 valence electrons. The second-order valence-electron chi connectivity index (χ2n) is 3.83. The van der Waals surface area contributed by atoms with Crippen molar-refractivity contribution in [1.29, 1.82) is 0 Å². The summed E-state index contributed by atoms with van der Waals surface area (Å²) in [7, 11) is 0. The molecule has 0 saturated heterocycles. The average molecular weight is 193 g/mol. The number of benzene rings is 1. The molecule has 3 N–H and O–H groups in total. The van der Waals surface area contributed by atoms with Crippen LogP contribution in [0.25, 0.3) is 0 Å². The van der Waals surface area contributed by atoms with Crippen molar-refractivity contribution < 1.29 is 5.11 Å². The SMILES string of the molecule is Cc1cc(C)c(CCCCN)c(O)c1. The second kappa shape index (κ2) is 5.01. The van der Waals surface area contributed by atoms with E-state index in [0.717, 1.165) is 36.9 Å². The van der Waals surface area contributed by atoms with Gasteiger partial charge in [0, 0.05) is 0 Å². The Labute approximate surface area is 85.8 Å². The lowest BCUT2D eigenvalue weighted by atomic mass is 9.99. The van der Waals surface area contributed by atoms with E-state index in [4.69, 9.17) is 5.73 Å². The smallest absolute Gasteiger partial charge is 0.119 e. The molecule has 14 heavy (non-hydrogen) atoms. The fourth-order valence-electron chi connectivity index (χ4n) is 1.75. The number of hydrogen-bond acceptors (Lipinski definition) is 2. The second-order valence-corrected chi connectivity index (χ2v) is 3.83. The van der Waals surface area contributed by atoms with Gasteiger partial charge in [0.25, 0.3) is 0 Å². The van der Waals surface area contributed by atoms with E-state index in [0.29, 0.717) is 5.75 Å². The number of aryl methyl sites for hydroxylation is 2. The molecular formula is C12H19NO. The topological polar surface area (TPSA) is 46.2 Å². The van der Waals surface area contributed by atoms with Crippen LogP contribution in [0.2, 0.25) is 0 Å². The van der Waals surface area contributed by atoms with Crippen LogP contribution in [-0.4, -0.2) is 11.7 Å². The maximum Gasteiger partial charge on any atom is 0.119 e. The largest absolute Gasteiger partial charge is 0.508 e. The fourth-order valence-corrected chi connectivity index (χ4v) is 1.75. The van der Waals surface area contributed by atoms with Crippen LogP contribution in [0.4, 0.5) is 0 Å². The first-order valence-corrected chi connectivity index (χ1v) is 5.14. The molecule has 0 aliphatic carbocycles. The van der Waals surface area contributed by atoms with Gasteiger partial charge < -0.3 is 10.8 Å². The fraction of sp³-hybridized carbons (Fsp3) is 0.500. The van der Waals surface area contributed by atoms with Gasteiger partial charge in [-0.25, -0.2) is 0 Å². The Morgan fingerprint density at radius 1 is 1.21 bits per heavy atom. The summed E-state index contributed by atoms with van der Waals surface area (Å²) in [5.74, 6) is 0.430. The van der Waals surface area contributed by atoms with Crippen molar-refractivity contribution in [1.82, 2.24) is 0 Å². The number of unbranched alkanes of at least 4 members (excludes halogenated alkanes) is 1. The quantitative estimate of drug-likeness (QED) is 0.721. The van der Waals surface area contributed by atoms with Crippen molar-refractivity contribution in [3.8, 4) is 5.75 Å². The van der Waals surface area contributed by atoms with Gasteiger partial charge in [-0.2, -0.15) is 0 Å². The van der Waals surface area contributed by atoms with Crippen LogP contribution < -0.4 is 5.73 Å². The van der Waals surface area contributed by atoms with Crippen molar-refractivity contribution in [2.45, 2.75) is 33.1 Å². The number of phenolic OH excluding ortho intramolecular Hbond substituents is 1. The molecule has 0 aliphatic heterocycles. The number of nitrogens with two attached hydrogens (primary N) is 1. The number of phenols is 1. The Morgan fingerprint density at radius 2 is 1.93 bits per heavy atom. The third-order valence-corrected chi connectivity index (χ3v) is 2.47. The molecule has 0 fully saturated rings. The summed E-state index contributed by atoms with van der Waals surface area (Å²) in [5.41, 5.74) is 8.80. The minimum Gasteiger partial charge on any atom is -0.508 e. The molecular weight excluding hydrogens is 174 g/mol. The zero-order valence-corrected chi connectivity index (χ0v) is 9.01. The van der Waals surface area contributed by atoms with Crippen LogP contribution in [0.3, 0.4) is 0 Å². The average Bonchev–Trinajstić information content (AvgIpc) is 2.09. The van der Waals surface area contributed by atoms with Gasteiger partial charge in [-0.15, -0.1) is 0 Å². The van der Waals surface area contributed by atoms with Crippen LogP contribution in [0, 0.1) is 13.8 Å². The minimum atomic E-state index is 0.430. The molecule has 2 nitrogen and oxygen atoms in total. The molecule has 1 aromatic rings. The summed E-state index contributed by atoms with van der Waals surface area (Å²) in [6, 6.07) is 3.93. The van der Waals surface area contributed by atoms with E-state index in [2.05, 4.69) is 6.07 Å². The molecule has 0 aliphatic rings. The van der Waals surface area contributed by atoms with Crippen molar-refractivity contribution in [3.05, 3.63) is 28.8 Å². The first-order chi connectivity index (χ1) is 6.65. The lowest BCUT2D eigenvalue weighted by Crippen LogP contribution is -2.00. The van der Waals surface area contributed by atoms with Crippen molar-refractivity contribution in [2.75, 3.05) is 6.54 Å². The zero-order chi connectivity index (χ0) is 10.6. The predicted octanol–water partition coefficient (Wildman–Crippen LogP) is 2.29. The monoisotopic (exact) mass is 193 g/mol. The van der Waals surface area contributed by atoms with E-state index in [1.54, 1.807) is 0 Å². The Morgan fingerprint density at radius 3 is 2.50 bits per heavy atom. The van der Waals surface area contributed by atoms with Gasteiger partial charge in [-0.3, -0.25) is 0 Å². The van der Waals surface area contributed by atoms with Crippen LogP contribution in [0.15, 0.2) is 12.1 Å². The standard InChI is InChI=1S/C12H19NO/c1-9-7-10(2)11(12(14)8-9)5-3-4-6-13/h7-8,14H,3-6,13H2,1-2H3. The molecule has 0 radical (unpaired) electrons. The summed E-state index contributed by atoms with van der Waals surface area (Å²) in [5, 5.41) is 9.74. The van der Waals surface area contributed by atoms with Gasteiger partial charge in [0.2, 0.25) is 0 Å². The van der Waals surface area contributed by atoms with Gasteiger partial charge in [0.15, 0.2) is 0 Å². The van der Waals surface area contributed by atoms with Gasteiger partial charge in [-0.05, 0) is 62.4 Å². The minimum absolute atomic E-state index is 0.430. The highest BCUT2D eigenvalue weighted by atomic mass is 16.3. The first-order valence-electron chi connectivity index (χ1n) is 5.14. The van der Waals surface area contributed by atoms with Gasteiger partial charge in [0.05, 0.1) is 0 Å². The van der Waals surface area contributed by atoms with Gasteiger partial charge in [-0.1, -0.05) is 6.07 Å². The maximum atomic E-state index is 9.74. The Bertz CT molecular complexity index is 284. The van der Waals surface area contributed by atoms with Crippen molar-refractivity contribution >= 4 is 0 Å². The number of rotatable bonds is 4. The Balaban J connectivity index is 2.75. The third kappa shape index (κ3) is 2.74. The molecule has 0 aromatic heterocycles. The molecule has 2 heteroatoms. The highest BCUT2D eigenvalue weighted by molar-refractivity contribution is 5.42. The van der Waals surface area contributed by atoms with Crippen molar-refractivity contribution in [2.24, 2.45) is 5.73 Å². The van der Waals surface area contributed by atoms with E-state index < -0.39 is 0 Å². The maximum absolute atomic E-state index is 9.74. The van der Waals surface area contributed by atoms with Gasteiger partial charge in [0.1, 0.15) is 5.75 Å². The van der Waals surface area contributed by atoms with E-state index in [1.807, 2.05) is 19.9 Å². The van der Waals surface area contributed by atoms with Crippen LogP contribution in [0.5, 0.6) is 5.75 Å². The molecule has 1 rings (SSSR count). The van der Waals surface area contributed by atoms with Crippen LogP contribution >= 0.6 is 0 Å². The van der Waals surface area contributed by atoms with Crippen molar-refractivity contribution in [3.63, 3.8) is 0 Å². The predicted molar refractivity (Wildman–Crippen MR) is 59.6 cm³/mol. The number of hydrogen-bond donors (Lipinski definition) is 2. The molecule has 0 heterocycles. The summed E-state index contributed by atoms with van der Waals surface area (Å²) >= 11 is 0. The summed E-state index contributed by atoms with van der Waals surface area (Å²) in [6.07, 6.45) is 3.00. The normalized spacial score (nSPS) is 10.5. The lowest BCUT2D eigenvalue weighted by Gasteiger charge is -2.09. The lowest BCUT2D eigenvalue weighted by molar-refractivity contribution is 0.465. The Kier molecular flexibility index (Phi) is 3.96. The summed E-state index contributed by atoms with van der Waals surface area (Å²) in [6.45, 7) is 4.77. The first kappa shape index (κ1) is 11.1. The molecule has 0 amide bonds. The summed E-state index contributed by atoms with van der Waals surface area (Å²) in [4.78, 5) is 0. The van der Waals surface area contributed by atoms with E-state index in [9.17, 15) is 5.11 Å².